The van der Waals surface area contributed by atoms with Crippen LogP contribution in [0.3, 0.4) is 0 Å². The molecule has 1 amide bonds. The van der Waals surface area contributed by atoms with E-state index in [-0.39, 0.29) is 5.91 Å². The van der Waals surface area contributed by atoms with Crippen LogP contribution in [0.25, 0.3) is 11.0 Å². The Balaban J connectivity index is 1.75. The van der Waals surface area contributed by atoms with Gasteiger partial charge in [0.15, 0.2) is 10.1 Å². The van der Waals surface area contributed by atoms with Gasteiger partial charge in [0.1, 0.15) is 0 Å². The zero-order valence-electron chi connectivity index (χ0n) is 12.0. The molecular formula is C15H18ClN3OS. The van der Waals surface area contributed by atoms with E-state index in [1.165, 1.54) is 24.2 Å². The van der Waals surface area contributed by atoms with E-state index in [9.17, 15) is 4.79 Å². The number of hydrogen-bond acceptors (Lipinski definition) is 3. The second kappa shape index (κ2) is 6.20. The molecule has 6 heteroatoms. The van der Waals surface area contributed by atoms with Gasteiger partial charge in [0, 0.05) is 30.7 Å². The first-order valence-corrected chi connectivity index (χ1v) is 8.53. The number of amides is 1. The van der Waals surface area contributed by atoms with Crippen LogP contribution in [0.5, 0.6) is 0 Å². The van der Waals surface area contributed by atoms with E-state index in [4.69, 9.17) is 11.6 Å². The summed E-state index contributed by atoms with van der Waals surface area (Å²) in [5.74, 6) is 0.765. The summed E-state index contributed by atoms with van der Waals surface area (Å²) in [7, 11) is 0. The van der Waals surface area contributed by atoms with Gasteiger partial charge in [0.2, 0.25) is 5.91 Å². The fourth-order valence-corrected chi connectivity index (χ4v) is 3.36. The van der Waals surface area contributed by atoms with Crippen LogP contribution in [0.4, 0.5) is 0 Å². The van der Waals surface area contributed by atoms with Crippen LogP contribution in [-0.2, 0) is 4.79 Å². The van der Waals surface area contributed by atoms with E-state index in [0.717, 1.165) is 30.2 Å². The van der Waals surface area contributed by atoms with E-state index >= 15 is 0 Å². The summed E-state index contributed by atoms with van der Waals surface area (Å²) in [6.45, 7) is 3.79. The molecule has 1 aliphatic rings. The second-order valence-corrected chi connectivity index (χ2v) is 6.64. The summed E-state index contributed by atoms with van der Waals surface area (Å²) in [5.41, 5.74) is 0.768. The number of rotatable bonds is 6. The Morgan fingerprint density at radius 3 is 3.14 bits per heavy atom. The number of carbonyl (C=O) groups is 1. The SMILES string of the molecule is CCCN(CC1CC1)C(=O)/C=C/c1c(Cl)nc2sccn12. The Morgan fingerprint density at radius 1 is 1.62 bits per heavy atom. The van der Waals surface area contributed by atoms with Gasteiger partial charge in [-0.3, -0.25) is 9.20 Å². The topological polar surface area (TPSA) is 37.6 Å². The molecule has 0 spiro atoms. The van der Waals surface area contributed by atoms with Crippen molar-refractivity contribution >= 4 is 39.9 Å². The highest BCUT2D eigenvalue weighted by Crippen LogP contribution is 2.30. The van der Waals surface area contributed by atoms with Crippen molar-refractivity contribution in [1.82, 2.24) is 14.3 Å². The molecule has 2 aromatic heterocycles. The van der Waals surface area contributed by atoms with Crippen LogP contribution in [0, 0.1) is 5.92 Å². The summed E-state index contributed by atoms with van der Waals surface area (Å²) in [6, 6.07) is 0. The largest absolute Gasteiger partial charge is 0.339 e. The van der Waals surface area contributed by atoms with Gasteiger partial charge >= 0.3 is 0 Å². The standard InChI is InChI=1S/C15H18ClN3OS/c1-2-7-18(10-11-3-4-11)13(20)6-5-12-14(16)17-15-19(12)8-9-21-15/h5-6,8-9,11H,2-4,7,10H2,1H3/b6-5+. The Morgan fingerprint density at radius 2 is 2.43 bits per heavy atom. The molecule has 21 heavy (non-hydrogen) atoms. The number of thiazole rings is 1. The fraction of sp³-hybridized carbons (Fsp3) is 0.467. The molecule has 2 aromatic rings. The van der Waals surface area contributed by atoms with Crippen LogP contribution >= 0.6 is 22.9 Å². The molecule has 0 saturated heterocycles. The summed E-state index contributed by atoms with van der Waals surface area (Å²) < 4.78 is 1.90. The van der Waals surface area contributed by atoms with Crippen molar-refractivity contribution in [2.45, 2.75) is 26.2 Å². The predicted octanol–water partition coefficient (Wildman–Crippen LogP) is 3.71. The molecule has 0 atom stereocenters. The zero-order valence-corrected chi connectivity index (χ0v) is 13.5. The van der Waals surface area contributed by atoms with Gasteiger partial charge < -0.3 is 4.90 Å². The summed E-state index contributed by atoms with van der Waals surface area (Å²) in [6.07, 6.45) is 8.78. The van der Waals surface area contributed by atoms with Gasteiger partial charge in [-0.2, -0.15) is 0 Å². The molecule has 1 fully saturated rings. The minimum Gasteiger partial charge on any atom is -0.339 e. The number of aromatic nitrogens is 2. The maximum Gasteiger partial charge on any atom is 0.246 e. The Kier molecular flexibility index (Phi) is 4.31. The third-order valence-corrected chi connectivity index (χ3v) is 4.65. The van der Waals surface area contributed by atoms with Gasteiger partial charge in [-0.15, -0.1) is 11.3 Å². The summed E-state index contributed by atoms with van der Waals surface area (Å²) in [5, 5.41) is 2.39. The Bertz CT molecular complexity index is 672. The second-order valence-electron chi connectivity index (χ2n) is 5.40. The zero-order chi connectivity index (χ0) is 14.8. The van der Waals surface area contributed by atoms with Gasteiger partial charge in [-0.1, -0.05) is 18.5 Å². The highest BCUT2D eigenvalue weighted by molar-refractivity contribution is 7.15. The van der Waals surface area contributed by atoms with Crippen LogP contribution < -0.4 is 0 Å². The van der Waals surface area contributed by atoms with Gasteiger partial charge in [0.05, 0.1) is 5.69 Å². The van der Waals surface area contributed by atoms with Crippen molar-refractivity contribution in [3.63, 3.8) is 0 Å². The first-order valence-electron chi connectivity index (χ1n) is 7.27. The molecular weight excluding hydrogens is 306 g/mol. The van der Waals surface area contributed by atoms with E-state index < -0.39 is 0 Å². The molecule has 0 aromatic carbocycles. The number of imidazole rings is 1. The molecule has 0 bridgehead atoms. The van der Waals surface area contributed by atoms with Crippen LogP contribution in [0.15, 0.2) is 17.7 Å². The van der Waals surface area contributed by atoms with Gasteiger partial charge in [0.25, 0.3) is 0 Å². The van der Waals surface area contributed by atoms with E-state index in [1.54, 1.807) is 12.2 Å². The maximum absolute atomic E-state index is 12.3. The van der Waals surface area contributed by atoms with E-state index in [2.05, 4.69) is 11.9 Å². The number of halogens is 1. The number of nitrogens with zero attached hydrogens (tertiary/aromatic N) is 3. The molecule has 0 unspecified atom stereocenters. The van der Waals surface area contributed by atoms with Crippen molar-refractivity contribution < 1.29 is 4.79 Å². The van der Waals surface area contributed by atoms with E-state index in [0.29, 0.717) is 11.1 Å². The van der Waals surface area contributed by atoms with Crippen molar-refractivity contribution in [2.24, 2.45) is 5.92 Å². The molecule has 1 aliphatic carbocycles. The molecule has 1 saturated carbocycles. The van der Waals surface area contributed by atoms with Crippen molar-refractivity contribution in [3.8, 4) is 0 Å². The fourth-order valence-electron chi connectivity index (χ4n) is 2.36. The third kappa shape index (κ3) is 3.30. The number of hydrogen-bond donors (Lipinski definition) is 0. The number of fused-ring (bicyclic) bond motifs is 1. The van der Waals surface area contributed by atoms with E-state index in [1.807, 2.05) is 20.9 Å². The molecule has 0 aliphatic heterocycles. The van der Waals surface area contributed by atoms with Crippen molar-refractivity contribution in [1.29, 1.82) is 0 Å². The highest BCUT2D eigenvalue weighted by Gasteiger charge is 2.25. The maximum atomic E-state index is 12.3. The third-order valence-electron chi connectivity index (χ3n) is 3.62. The molecule has 3 rings (SSSR count). The lowest BCUT2D eigenvalue weighted by molar-refractivity contribution is -0.126. The Hall–Kier alpha value is -1.33. The molecule has 4 nitrogen and oxygen atoms in total. The van der Waals surface area contributed by atoms with Crippen molar-refractivity contribution in [2.75, 3.05) is 13.1 Å². The quantitative estimate of drug-likeness (QED) is 0.760. The van der Waals surface area contributed by atoms with Crippen LogP contribution in [0.2, 0.25) is 5.15 Å². The van der Waals surface area contributed by atoms with Crippen LogP contribution in [0.1, 0.15) is 31.9 Å². The van der Waals surface area contributed by atoms with Gasteiger partial charge in [-0.25, -0.2) is 4.98 Å². The first kappa shape index (κ1) is 14.6. The minimum atomic E-state index is 0.0602. The lowest BCUT2D eigenvalue weighted by Crippen LogP contribution is -2.32. The lowest BCUT2D eigenvalue weighted by Gasteiger charge is -2.20. The monoisotopic (exact) mass is 323 g/mol. The summed E-state index contributed by atoms with van der Waals surface area (Å²) in [4.78, 5) is 19.4. The highest BCUT2D eigenvalue weighted by atomic mass is 35.5. The first-order chi connectivity index (χ1) is 10.2. The molecule has 112 valence electrons. The van der Waals surface area contributed by atoms with Crippen LogP contribution in [-0.4, -0.2) is 33.3 Å². The summed E-state index contributed by atoms with van der Waals surface area (Å²) >= 11 is 7.65. The average molecular weight is 324 g/mol. The minimum absolute atomic E-state index is 0.0602. The number of carbonyl (C=O) groups excluding carboxylic acids is 1. The smallest absolute Gasteiger partial charge is 0.246 e. The Labute approximate surface area is 133 Å². The average Bonchev–Trinajstić information content (AvgIpc) is 3.08. The van der Waals surface area contributed by atoms with Gasteiger partial charge in [-0.05, 0) is 31.3 Å². The predicted molar refractivity (Wildman–Crippen MR) is 86.7 cm³/mol. The van der Waals surface area contributed by atoms with Crippen molar-refractivity contribution in [3.05, 3.63) is 28.5 Å². The normalized spacial score (nSPS) is 15.1. The molecule has 2 heterocycles. The molecule has 0 radical (unpaired) electrons. The lowest BCUT2D eigenvalue weighted by atomic mass is 10.3. The molecule has 0 N–H and O–H groups in total.